The molecule has 0 fully saturated rings. The van der Waals surface area contributed by atoms with Crippen molar-refractivity contribution in [3.63, 3.8) is 0 Å². The molecule has 0 spiro atoms. The molecule has 0 bridgehead atoms. The van der Waals surface area contributed by atoms with Gasteiger partial charge in [0.2, 0.25) is 0 Å². The minimum atomic E-state index is -0.0458. The maximum Gasteiger partial charge on any atom is 0.123 e. The van der Waals surface area contributed by atoms with Crippen molar-refractivity contribution in [3.8, 4) is 0 Å². The Labute approximate surface area is 188 Å². The zero-order valence-electron chi connectivity index (χ0n) is 20.8. The molecule has 0 N–H and O–H groups in total. The molecule has 0 aliphatic rings. The van der Waals surface area contributed by atoms with E-state index in [2.05, 4.69) is 33.8 Å². The highest BCUT2D eigenvalue weighted by molar-refractivity contribution is 5.31. The van der Waals surface area contributed by atoms with E-state index < -0.39 is 0 Å². The fourth-order valence-electron chi connectivity index (χ4n) is 4.91. The van der Waals surface area contributed by atoms with Crippen molar-refractivity contribution < 1.29 is 4.39 Å². The molecule has 1 rings (SSSR count). The summed E-state index contributed by atoms with van der Waals surface area (Å²) in [4.78, 5) is 0. The Bertz CT molecular complexity index is 501. The predicted molar refractivity (Wildman–Crippen MR) is 133 cm³/mol. The van der Waals surface area contributed by atoms with Gasteiger partial charge >= 0.3 is 0 Å². The van der Waals surface area contributed by atoms with Crippen molar-refractivity contribution in [2.75, 3.05) is 0 Å². The van der Waals surface area contributed by atoms with Gasteiger partial charge in [-0.25, -0.2) is 4.39 Å². The molecule has 0 saturated carbocycles. The van der Waals surface area contributed by atoms with Crippen molar-refractivity contribution in [3.05, 3.63) is 35.1 Å². The molecule has 1 aromatic rings. The van der Waals surface area contributed by atoms with Gasteiger partial charge in [-0.15, -0.1) is 0 Å². The highest BCUT2D eigenvalue weighted by Gasteiger charge is 2.19. The summed E-state index contributed by atoms with van der Waals surface area (Å²) in [5, 5.41) is 0. The molecule has 0 heterocycles. The Balaban J connectivity index is 2.97. The van der Waals surface area contributed by atoms with Gasteiger partial charge in [-0.05, 0) is 54.4 Å². The fraction of sp³-hybridized carbons (Fsp3) is 0.793. The van der Waals surface area contributed by atoms with Gasteiger partial charge in [0, 0.05) is 0 Å². The van der Waals surface area contributed by atoms with Crippen molar-refractivity contribution in [2.24, 2.45) is 5.92 Å². The van der Waals surface area contributed by atoms with Gasteiger partial charge in [0.15, 0.2) is 0 Å². The number of halogens is 1. The SMILES string of the molecule is CCCCCC(CCCCC)Cc1cc(F)ccc1C(CCCCC)CCCCC. The minimum absolute atomic E-state index is 0.0458. The molecule has 30 heavy (non-hydrogen) atoms. The standard InChI is InChI=1S/C29H51F/c1-5-9-13-17-25(18-14-10-6-2)23-27-24-28(30)21-22-29(27)26(19-15-11-7-3)20-16-12-8-4/h21-22,24-26H,5-20,23H2,1-4H3. The minimum Gasteiger partial charge on any atom is -0.207 e. The first-order chi connectivity index (χ1) is 14.7. The largest absolute Gasteiger partial charge is 0.207 e. The summed E-state index contributed by atoms with van der Waals surface area (Å²) in [6, 6.07) is 5.74. The van der Waals surface area contributed by atoms with E-state index in [1.54, 1.807) is 6.07 Å². The second-order valence-corrected chi connectivity index (χ2v) is 9.59. The quantitative estimate of drug-likeness (QED) is 0.196. The van der Waals surface area contributed by atoms with E-state index in [4.69, 9.17) is 0 Å². The molecule has 0 aromatic heterocycles. The van der Waals surface area contributed by atoms with Crippen LogP contribution in [-0.4, -0.2) is 0 Å². The lowest BCUT2D eigenvalue weighted by atomic mass is 9.81. The van der Waals surface area contributed by atoms with Gasteiger partial charge in [-0.3, -0.25) is 0 Å². The van der Waals surface area contributed by atoms with Crippen LogP contribution in [0.3, 0.4) is 0 Å². The second-order valence-electron chi connectivity index (χ2n) is 9.59. The van der Waals surface area contributed by atoms with Crippen molar-refractivity contribution in [1.82, 2.24) is 0 Å². The number of benzene rings is 1. The Hall–Kier alpha value is -0.850. The molecule has 0 radical (unpaired) electrons. The Morgan fingerprint density at radius 2 is 1.10 bits per heavy atom. The molecule has 0 aliphatic heterocycles. The topological polar surface area (TPSA) is 0 Å². The maximum absolute atomic E-state index is 14.3. The lowest BCUT2D eigenvalue weighted by Crippen LogP contribution is -2.11. The molecule has 0 atom stereocenters. The zero-order chi connectivity index (χ0) is 22.0. The van der Waals surface area contributed by atoms with Crippen molar-refractivity contribution >= 4 is 0 Å². The number of unbranched alkanes of at least 4 members (excludes halogenated alkanes) is 8. The second kappa shape index (κ2) is 17.8. The predicted octanol–water partition coefficient (Wildman–Crippen LogP) is 10.4. The van der Waals surface area contributed by atoms with Crippen LogP contribution in [0.1, 0.15) is 147 Å². The molecule has 0 aliphatic carbocycles. The summed E-state index contributed by atoms with van der Waals surface area (Å²) in [5.41, 5.74) is 2.80. The third kappa shape index (κ3) is 11.5. The van der Waals surface area contributed by atoms with Gasteiger partial charge in [0.05, 0.1) is 0 Å². The summed E-state index contributed by atoms with van der Waals surface area (Å²) in [6.07, 6.45) is 21.9. The number of hydrogen-bond acceptors (Lipinski definition) is 0. The van der Waals surface area contributed by atoms with Crippen LogP contribution < -0.4 is 0 Å². The van der Waals surface area contributed by atoms with Crippen molar-refractivity contribution in [1.29, 1.82) is 0 Å². The lowest BCUT2D eigenvalue weighted by Gasteiger charge is -2.24. The average Bonchev–Trinajstić information content (AvgIpc) is 2.73. The first-order valence-electron chi connectivity index (χ1n) is 13.4. The summed E-state index contributed by atoms with van der Waals surface area (Å²) in [6.45, 7) is 9.14. The molecule has 0 unspecified atom stereocenters. The van der Waals surface area contributed by atoms with Crippen LogP contribution in [0.5, 0.6) is 0 Å². The van der Waals surface area contributed by atoms with E-state index in [0.717, 1.165) is 12.3 Å². The Morgan fingerprint density at radius 1 is 0.633 bits per heavy atom. The molecule has 1 heteroatoms. The summed E-state index contributed by atoms with van der Waals surface area (Å²) < 4.78 is 14.3. The molecular weight excluding hydrogens is 367 g/mol. The van der Waals surface area contributed by atoms with E-state index in [1.165, 1.54) is 114 Å². The monoisotopic (exact) mass is 418 g/mol. The highest BCUT2D eigenvalue weighted by Crippen LogP contribution is 2.34. The van der Waals surface area contributed by atoms with E-state index in [9.17, 15) is 4.39 Å². The Morgan fingerprint density at radius 3 is 1.57 bits per heavy atom. The first kappa shape index (κ1) is 27.2. The third-order valence-electron chi connectivity index (χ3n) is 6.80. The molecule has 0 saturated heterocycles. The molecule has 0 amide bonds. The van der Waals surface area contributed by atoms with Crippen LogP contribution in [0.2, 0.25) is 0 Å². The maximum atomic E-state index is 14.3. The average molecular weight is 419 g/mol. The summed E-state index contributed by atoms with van der Waals surface area (Å²) in [7, 11) is 0. The van der Waals surface area contributed by atoms with Gasteiger partial charge in [0.25, 0.3) is 0 Å². The normalized spacial score (nSPS) is 11.7. The summed E-state index contributed by atoms with van der Waals surface area (Å²) >= 11 is 0. The van der Waals surface area contributed by atoms with Crippen LogP contribution in [0.4, 0.5) is 4.39 Å². The molecule has 1 aromatic carbocycles. The van der Waals surface area contributed by atoms with Crippen LogP contribution in [0, 0.1) is 11.7 Å². The number of rotatable bonds is 19. The Kier molecular flexibility index (Phi) is 16.1. The smallest absolute Gasteiger partial charge is 0.123 e. The third-order valence-corrected chi connectivity index (χ3v) is 6.80. The van der Waals surface area contributed by atoms with Crippen LogP contribution >= 0.6 is 0 Å². The fourth-order valence-corrected chi connectivity index (χ4v) is 4.91. The van der Waals surface area contributed by atoms with E-state index in [0.29, 0.717) is 5.92 Å². The van der Waals surface area contributed by atoms with Gasteiger partial charge < -0.3 is 0 Å². The summed E-state index contributed by atoms with van der Waals surface area (Å²) in [5.74, 6) is 1.29. The van der Waals surface area contributed by atoms with Crippen LogP contribution in [0.15, 0.2) is 18.2 Å². The van der Waals surface area contributed by atoms with E-state index in [1.807, 2.05) is 6.07 Å². The highest BCUT2D eigenvalue weighted by atomic mass is 19.1. The molecular formula is C29H51F. The lowest BCUT2D eigenvalue weighted by molar-refractivity contribution is 0.404. The first-order valence-corrected chi connectivity index (χ1v) is 13.4. The van der Waals surface area contributed by atoms with Gasteiger partial charge in [-0.1, -0.05) is 124 Å². The molecule has 174 valence electrons. The molecule has 0 nitrogen and oxygen atoms in total. The van der Waals surface area contributed by atoms with Gasteiger partial charge in [-0.2, -0.15) is 0 Å². The van der Waals surface area contributed by atoms with E-state index in [-0.39, 0.29) is 5.82 Å². The van der Waals surface area contributed by atoms with Gasteiger partial charge in [0.1, 0.15) is 5.82 Å². The van der Waals surface area contributed by atoms with Crippen molar-refractivity contribution in [2.45, 2.75) is 143 Å². The zero-order valence-corrected chi connectivity index (χ0v) is 20.8. The number of hydrogen-bond donors (Lipinski definition) is 0. The van der Waals surface area contributed by atoms with Crippen LogP contribution in [0.25, 0.3) is 0 Å². The van der Waals surface area contributed by atoms with E-state index >= 15 is 0 Å². The van der Waals surface area contributed by atoms with Crippen LogP contribution in [-0.2, 0) is 6.42 Å².